The lowest BCUT2D eigenvalue weighted by atomic mass is 10.1. The summed E-state index contributed by atoms with van der Waals surface area (Å²) in [4.78, 5) is 36.9. The molecule has 0 spiro atoms. The van der Waals surface area contributed by atoms with E-state index in [-0.39, 0.29) is 17.4 Å². The van der Waals surface area contributed by atoms with Crippen molar-refractivity contribution in [2.24, 2.45) is 11.8 Å². The van der Waals surface area contributed by atoms with E-state index in [2.05, 4.69) is 10.6 Å². The number of hydrogen-bond donors (Lipinski definition) is 2. The fourth-order valence-electron chi connectivity index (χ4n) is 3.02. The maximum Gasteiger partial charge on any atom is 0.339 e. The number of benzene rings is 2. The summed E-state index contributed by atoms with van der Waals surface area (Å²) in [6.07, 6.45) is 0.451. The number of esters is 1. The van der Waals surface area contributed by atoms with Gasteiger partial charge >= 0.3 is 5.97 Å². The number of para-hydroxylation sites is 1. The number of amides is 2. The Morgan fingerprint density at radius 1 is 0.929 bits per heavy atom. The molecule has 2 amide bonds. The van der Waals surface area contributed by atoms with Crippen molar-refractivity contribution in [3.8, 4) is 5.75 Å². The molecule has 2 aromatic rings. The van der Waals surface area contributed by atoms with E-state index in [0.29, 0.717) is 23.5 Å². The number of ether oxygens (including phenoxy) is 2. The van der Waals surface area contributed by atoms with Gasteiger partial charge in [-0.05, 0) is 43.2 Å². The normalized spacial score (nSPS) is 17.4. The monoisotopic (exact) mass is 382 g/mol. The zero-order valence-electron chi connectivity index (χ0n) is 15.9. The Morgan fingerprint density at radius 2 is 1.57 bits per heavy atom. The highest BCUT2D eigenvalue weighted by atomic mass is 16.5. The van der Waals surface area contributed by atoms with Gasteiger partial charge in [0.05, 0.1) is 43.0 Å². The highest BCUT2D eigenvalue weighted by Crippen LogP contribution is 2.41. The Bertz CT molecular complexity index is 925. The van der Waals surface area contributed by atoms with Crippen LogP contribution in [0, 0.1) is 18.8 Å². The molecule has 2 unspecified atom stereocenters. The summed E-state index contributed by atoms with van der Waals surface area (Å²) in [7, 11) is 2.81. The molecule has 0 aliphatic heterocycles. The maximum absolute atomic E-state index is 12.5. The van der Waals surface area contributed by atoms with Gasteiger partial charge in [-0.2, -0.15) is 0 Å². The van der Waals surface area contributed by atoms with Crippen LogP contribution in [0.15, 0.2) is 42.5 Å². The molecule has 0 aromatic heterocycles. The summed E-state index contributed by atoms with van der Waals surface area (Å²) in [5, 5.41) is 5.56. The standard InChI is InChI=1S/C21H22N2O5/c1-12-8-9-18(27-2)17(10-12)23-20(25)15-11-14(15)19(24)22-16-7-5-4-6-13(16)21(26)28-3/h4-10,14-15H,11H2,1-3H3,(H,22,24)(H,23,25). The molecular formula is C21H22N2O5. The second kappa shape index (κ2) is 8.12. The third-order valence-electron chi connectivity index (χ3n) is 4.67. The quantitative estimate of drug-likeness (QED) is 0.749. The lowest BCUT2D eigenvalue weighted by Gasteiger charge is -2.11. The summed E-state index contributed by atoms with van der Waals surface area (Å²) >= 11 is 0. The molecule has 0 radical (unpaired) electrons. The molecule has 7 nitrogen and oxygen atoms in total. The van der Waals surface area contributed by atoms with Crippen LogP contribution in [0.1, 0.15) is 22.3 Å². The molecule has 0 heterocycles. The zero-order valence-corrected chi connectivity index (χ0v) is 15.9. The molecule has 2 atom stereocenters. The zero-order chi connectivity index (χ0) is 20.3. The Balaban J connectivity index is 1.64. The number of carbonyl (C=O) groups excluding carboxylic acids is 3. The van der Waals surface area contributed by atoms with Crippen LogP contribution in [0.4, 0.5) is 11.4 Å². The van der Waals surface area contributed by atoms with Crippen LogP contribution in [0.5, 0.6) is 5.75 Å². The van der Waals surface area contributed by atoms with Crippen LogP contribution in [0.3, 0.4) is 0 Å². The smallest absolute Gasteiger partial charge is 0.339 e. The third kappa shape index (κ3) is 4.14. The first kappa shape index (κ1) is 19.4. The van der Waals surface area contributed by atoms with Crippen molar-refractivity contribution in [1.29, 1.82) is 0 Å². The van der Waals surface area contributed by atoms with Gasteiger partial charge in [0.25, 0.3) is 0 Å². The van der Waals surface area contributed by atoms with Crippen molar-refractivity contribution in [2.75, 3.05) is 24.9 Å². The summed E-state index contributed by atoms with van der Waals surface area (Å²) in [6, 6.07) is 12.1. The molecule has 2 aromatic carbocycles. The molecule has 1 fully saturated rings. The minimum absolute atomic E-state index is 0.231. The maximum atomic E-state index is 12.5. The first-order valence-corrected chi connectivity index (χ1v) is 8.88. The van der Waals surface area contributed by atoms with Gasteiger partial charge in [-0.1, -0.05) is 18.2 Å². The molecule has 28 heavy (non-hydrogen) atoms. The summed E-state index contributed by atoms with van der Waals surface area (Å²) in [5.41, 5.74) is 2.20. The summed E-state index contributed by atoms with van der Waals surface area (Å²) in [5.74, 6) is -1.37. The van der Waals surface area contributed by atoms with Crippen LogP contribution >= 0.6 is 0 Å². The molecule has 1 aliphatic carbocycles. The van der Waals surface area contributed by atoms with Crippen molar-refractivity contribution in [3.63, 3.8) is 0 Å². The van der Waals surface area contributed by atoms with Crippen molar-refractivity contribution < 1.29 is 23.9 Å². The Morgan fingerprint density at radius 3 is 2.21 bits per heavy atom. The fraction of sp³-hybridized carbons (Fsp3) is 0.286. The largest absolute Gasteiger partial charge is 0.495 e. The van der Waals surface area contributed by atoms with Crippen molar-refractivity contribution >= 4 is 29.2 Å². The van der Waals surface area contributed by atoms with Gasteiger partial charge < -0.3 is 20.1 Å². The lowest BCUT2D eigenvalue weighted by Crippen LogP contribution is -2.21. The van der Waals surface area contributed by atoms with Crippen molar-refractivity contribution in [3.05, 3.63) is 53.6 Å². The first-order valence-electron chi connectivity index (χ1n) is 8.88. The van der Waals surface area contributed by atoms with Crippen LogP contribution in [0.25, 0.3) is 0 Å². The van der Waals surface area contributed by atoms with Gasteiger partial charge in [-0.15, -0.1) is 0 Å². The van der Waals surface area contributed by atoms with Gasteiger partial charge in [0.15, 0.2) is 0 Å². The van der Waals surface area contributed by atoms with Gasteiger partial charge in [-0.3, -0.25) is 9.59 Å². The molecule has 1 aliphatic rings. The van der Waals surface area contributed by atoms with Crippen LogP contribution in [0.2, 0.25) is 0 Å². The molecule has 1 saturated carbocycles. The van der Waals surface area contributed by atoms with Gasteiger partial charge in [-0.25, -0.2) is 4.79 Å². The van der Waals surface area contributed by atoms with Crippen molar-refractivity contribution in [2.45, 2.75) is 13.3 Å². The summed E-state index contributed by atoms with van der Waals surface area (Å²) < 4.78 is 9.99. The fourth-order valence-corrected chi connectivity index (χ4v) is 3.02. The first-order chi connectivity index (χ1) is 13.4. The highest BCUT2D eigenvalue weighted by Gasteiger charge is 2.48. The number of anilines is 2. The topological polar surface area (TPSA) is 93.7 Å². The van der Waals surface area contributed by atoms with E-state index < -0.39 is 17.8 Å². The van der Waals surface area contributed by atoms with E-state index in [9.17, 15) is 14.4 Å². The van der Waals surface area contributed by atoms with Crippen LogP contribution in [-0.4, -0.2) is 32.0 Å². The third-order valence-corrected chi connectivity index (χ3v) is 4.67. The molecular weight excluding hydrogens is 360 g/mol. The van der Waals surface area contributed by atoms with E-state index in [4.69, 9.17) is 9.47 Å². The number of rotatable bonds is 6. The highest BCUT2D eigenvalue weighted by molar-refractivity contribution is 6.06. The van der Waals surface area contributed by atoms with Crippen LogP contribution < -0.4 is 15.4 Å². The molecule has 0 bridgehead atoms. The number of carbonyl (C=O) groups is 3. The molecule has 7 heteroatoms. The number of nitrogens with one attached hydrogen (secondary N) is 2. The SMILES string of the molecule is COC(=O)c1ccccc1NC(=O)C1CC1C(=O)Nc1cc(C)ccc1OC. The predicted molar refractivity (Wildman–Crippen MR) is 104 cm³/mol. The second-order valence-corrected chi connectivity index (χ2v) is 6.67. The minimum Gasteiger partial charge on any atom is -0.495 e. The van der Waals surface area contributed by atoms with Gasteiger partial charge in [0.1, 0.15) is 5.75 Å². The van der Waals surface area contributed by atoms with Crippen LogP contribution in [-0.2, 0) is 14.3 Å². The second-order valence-electron chi connectivity index (χ2n) is 6.67. The Kier molecular flexibility index (Phi) is 5.63. The molecule has 0 saturated heterocycles. The van der Waals surface area contributed by atoms with E-state index in [0.717, 1.165) is 5.56 Å². The molecule has 3 rings (SSSR count). The van der Waals surface area contributed by atoms with Crippen molar-refractivity contribution in [1.82, 2.24) is 0 Å². The van der Waals surface area contributed by atoms with Gasteiger partial charge in [0.2, 0.25) is 11.8 Å². The average Bonchev–Trinajstić information content (AvgIpc) is 3.49. The number of aryl methyl sites for hydroxylation is 1. The van der Waals surface area contributed by atoms with Gasteiger partial charge in [0, 0.05) is 0 Å². The Labute approximate surface area is 163 Å². The summed E-state index contributed by atoms with van der Waals surface area (Å²) in [6.45, 7) is 1.92. The number of methoxy groups -OCH3 is 2. The van der Waals surface area contributed by atoms with E-state index in [1.165, 1.54) is 14.2 Å². The molecule has 146 valence electrons. The van der Waals surface area contributed by atoms with E-state index in [1.807, 2.05) is 19.1 Å². The van der Waals surface area contributed by atoms with E-state index >= 15 is 0 Å². The predicted octanol–water partition coefficient (Wildman–Crippen LogP) is 3.00. The number of hydrogen-bond acceptors (Lipinski definition) is 5. The Hall–Kier alpha value is -3.35. The minimum atomic E-state index is -0.535. The molecule has 2 N–H and O–H groups in total. The van der Waals surface area contributed by atoms with E-state index in [1.54, 1.807) is 30.3 Å². The average molecular weight is 382 g/mol. The lowest BCUT2D eigenvalue weighted by molar-refractivity contribution is -0.122.